The van der Waals surface area contributed by atoms with Gasteiger partial charge >= 0.3 is 0 Å². The first-order valence-electron chi connectivity index (χ1n) is 9.87. The van der Waals surface area contributed by atoms with E-state index >= 15 is 0 Å². The third-order valence-corrected chi connectivity index (χ3v) is 5.26. The molecule has 0 atom stereocenters. The number of carbonyl (C=O) groups excluding carboxylic acids is 1. The van der Waals surface area contributed by atoms with Gasteiger partial charge in [-0.1, -0.05) is 36.4 Å². The highest BCUT2D eigenvalue weighted by molar-refractivity contribution is 6.09. The summed E-state index contributed by atoms with van der Waals surface area (Å²) in [5, 5.41) is 3.85. The minimum Gasteiger partial charge on any atom is -0.497 e. The van der Waals surface area contributed by atoms with Crippen LogP contribution in [0, 0.1) is 0 Å². The summed E-state index contributed by atoms with van der Waals surface area (Å²) < 4.78 is 5.25. The second-order valence-electron chi connectivity index (χ2n) is 7.13. The molecule has 4 nitrogen and oxygen atoms in total. The predicted molar refractivity (Wildman–Crippen MR) is 118 cm³/mol. The van der Waals surface area contributed by atoms with E-state index in [1.165, 1.54) is 5.57 Å². The lowest BCUT2D eigenvalue weighted by Crippen LogP contribution is -2.26. The second kappa shape index (κ2) is 8.31. The number of methoxy groups -OCH3 is 1. The molecule has 2 aromatic carbocycles. The molecule has 3 aromatic rings. The molecule has 1 aliphatic rings. The van der Waals surface area contributed by atoms with E-state index in [0.717, 1.165) is 58.3 Å². The van der Waals surface area contributed by atoms with Crippen LogP contribution in [0.15, 0.2) is 61.2 Å². The Labute approximate surface area is 170 Å². The molecule has 146 valence electrons. The van der Waals surface area contributed by atoms with Crippen LogP contribution < -0.4 is 10.1 Å². The van der Waals surface area contributed by atoms with Crippen molar-refractivity contribution < 1.29 is 9.53 Å². The Hall–Kier alpha value is -3.40. The highest BCUT2D eigenvalue weighted by Gasteiger charge is 2.24. The molecular weight excluding hydrogens is 360 g/mol. The summed E-state index contributed by atoms with van der Waals surface area (Å²) in [6, 6.07) is 15.9. The summed E-state index contributed by atoms with van der Waals surface area (Å²) in [7, 11) is 1.67. The lowest BCUT2D eigenvalue weighted by atomic mass is 9.85. The quantitative estimate of drug-likeness (QED) is 0.627. The molecule has 0 saturated carbocycles. The Morgan fingerprint density at radius 3 is 2.72 bits per heavy atom. The zero-order valence-electron chi connectivity index (χ0n) is 16.6. The summed E-state index contributed by atoms with van der Waals surface area (Å²) in [6.07, 6.45) is 6.66. The molecule has 29 heavy (non-hydrogen) atoms. The van der Waals surface area contributed by atoms with Crippen LogP contribution in [0.4, 0.5) is 0 Å². The van der Waals surface area contributed by atoms with Crippen molar-refractivity contribution in [2.75, 3.05) is 13.7 Å². The van der Waals surface area contributed by atoms with Gasteiger partial charge < -0.3 is 10.1 Å². The lowest BCUT2D eigenvalue weighted by molar-refractivity contribution is 0.0958. The van der Waals surface area contributed by atoms with Gasteiger partial charge in [0.25, 0.3) is 5.91 Å². The number of ether oxygens (including phenoxy) is 1. The van der Waals surface area contributed by atoms with E-state index in [2.05, 4.69) is 18.0 Å². The number of nitrogens with zero attached hydrogens (tertiary/aromatic N) is 1. The minimum absolute atomic E-state index is 0.0644. The Balaban J connectivity index is 1.86. The smallest absolute Gasteiger partial charge is 0.252 e. The van der Waals surface area contributed by atoms with Crippen LogP contribution in [0.2, 0.25) is 0 Å². The number of amides is 1. The average Bonchev–Trinajstić information content (AvgIpc) is 2.76. The number of aromatic nitrogens is 1. The fourth-order valence-corrected chi connectivity index (χ4v) is 3.89. The molecule has 0 fully saturated rings. The molecule has 0 radical (unpaired) electrons. The number of allylic oxidation sites excluding steroid dienone is 1. The molecule has 0 aliphatic heterocycles. The van der Waals surface area contributed by atoms with Crippen LogP contribution in [0.1, 0.15) is 40.0 Å². The molecule has 1 aromatic heterocycles. The van der Waals surface area contributed by atoms with Crippen molar-refractivity contribution in [1.82, 2.24) is 10.3 Å². The van der Waals surface area contributed by atoms with Crippen LogP contribution in [0.25, 0.3) is 22.6 Å². The van der Waals surface area contributed by atoms with Crippen LogP contribution in [-0.4, -0.2) is 24.5 Å². The molecule has 0 bridgehead atoms. The molecule has 0 unspecified atom stereocenters. The van der Waals surface area contributed by atoms with Crippen molar-refractivity contribution >= 4 is 28.5 Å². The van der Waals surface area contributed by atoms with Gasteiger partial charge in [-0.2, -0.15) is 0 Å². The summed E-state index contributed by atoms with van der Waals surface area (Å²) in [4.78, 5) is 18.0. The van der Waals surface area contributed by atoms with Crippen molar-refractivity contribution in [3.8, 4) is 5.75 Å². The van der Waals surface area contributed by atoms with Gasteiger partial charge in [0.1, 0.15) is 5.75 Å². The fourth-order valence-electron chi connectivity index (χ4n) is 3.89. The monoisotopic (exact) mass is 384 g/mol. The number of fused-ring (bicyclic) bond motifs is 2. The van der Waals surface area contributed by atoms with Crippen molar-refractivity contribution in [1.29, 1.82) is 0 Å². The van der Waals surface area contributed by atoms with E-state index in [9.17, 15) is 4.79 Å². The highest BCUT2D eigenvalue weighted by atomic mass is 16.5. The van der Waals surface area contributed by atoms with Gasteiger partial charge in [0.2, 0.25) is 0 Å². The number of hydrogen-bond donors (Lipinski definition) is 1. The standard InChI is InChI=1S/C25H24N2O2/c1-3-15-26-25(28)23-20-8-4-5-10-22(20)27-24-18(7-6-9-21(23)24)16-17-11-13-19(29-2)14-12-17/h3-5,8,10-14,16H,1,6-7,9,15H2,2H3,(H,26,28)/b18-16-. The molecule has 1 aliphatic carbocycles. The van der Waals surface area contributed by atoms with Crippen LogP contribution >= 0.6 is 0 Å². The van der Waals surface area contributed by atoms with E-state index in [1.807, 2.05) is 48.5 Å². The minimum atomic E-state index is -0.0644. The molecule has 4 rings (SSSR count). The Morgan fingerprint density at radius 2 is 1.97 bits per heavy atom. The second-order valence-corrected chi connectivity index (χ2v) is 7.13. The van der Waals surface area contributed by atoms with E-state index in [1.54, 1.807) is 13.2 Å². The van der Waals surface area contributed by atoms with Gasteiger partial charge in [-0.15, -0.1) is 6.58 Å². The molecule has 1 N–H and O–H groups in total. The number of para-hydroxylation sites is 1. The number of pyridine rings is 1. The normalized spacial score (nSPS) is 14.4. The van der Waals surface area contributed by atoms with Gasteiger partial charge in [-0.3, -0.25) is 4.79 Å². The molecule has 1 amide bonds. The highest BCUT2D eigenvalue weighted by Crippen LogP contribution is 2.36. The van der Waals surface area contributed by atoms with Gasteiger partial charge in [0.05, 0.1) is 23.9 Å². The Kier molecular flexibility index (Phi) is 5.43. The number of rotatable bonds is 5. The molecular formula is C25H24N2O2. The lowest BCUT2D eigenvalue weighted by Gasteiger charge is -2.22. The first-order valence-corrected chi connectivity index (χ1v) is 9.87. The number of hydrogen-bond acceptors (Lipinski definition) is 3. The van der Waals surface area contributed by atoms with Crippen molar-refractivity contribution in [3.05, 3.63) is 83.6 Å². The summed E-state index contributed by atoms with van der Waals surface area (Å²) in [5.41, 5.74) is 5.83. The number of nitrogens with one attached hydrogen (secondary N) is 1. The van der Waals surface area contributed by atoms with Gasteiger partial charge in [-0.05, 0) is 60.2 Å². The van der Waals surface area contributed by atoms with E-state index in [-0.39, 0.29) is 5.91 Å². The van der Waals surface area contributed by atoms with Crippen molar-refractivity contribution in [3.63, 3.8) is 0 Å². The maximum atomic E-state index is 13.0. The summed E-state index contributed by atoms with van der Waals surface area (Å²) >= 11 is 0. The molecule has 4 heteroatoms. The SMILES string of the molecule is C=CCNC(=O)c1c2c(nc3ccccc13)/C(=C\c1ccc(OC)cc1)CCC2. The fraction of sp³-hybridized carbons (Fsp3) is 0.200. The van der Waals surface area contributed by atoms with Crippen molar-refractivity contribution in [2.45, 2.75) is 19.3 Å². The number of benzene rings is 2. The third-order valence-electron chi connectivity index (χ3n) is 5.26. The molecule has 1 heterocycles. The first-order chi connectivity index (χ1) is 14.2. The first kappa shape index (κ1) is 18.9. The number of carbonyl (C=O) groups is 1. The van der Waals surface area contributed by atoms with Crippen LogP contribution in [0.3, 0.4) is 0 Å². The van der Waals surface area contributed by atoms with E-state index < -0.39 is 0 Å². The maximum Gasteiger partial charge on any atom is 0.252 e. The Bertz CT molecular complexity index is 1100. The Morgan fingerprint density at radius 1 is 1.17 bits per heavy atom. The van der Waals surface area contributed by atoms with Gasteiger partial charge in [-0.25, -0.2) is 4.98 Å². The zero-order valence-corrected chi connectivity index (χ0v) is 16.6. The molecule has 0 spiro atoms. The molecule has 0 saturated heterocycles. The average molecular weight is 384 g/mol. The zero-order chi connectivity index (χ0) is 20.2. The third kappa shape index (κ3) is 3.79. The van der Waals surface area contributed by atoms with Crippen LogP contribution in [0.5, 0.6) is 5.75 Å². The van der Waals surface area contributed by atoms with E-state index in [4.69, 9.17) is 9.72 Å². The largest absolute Gasteiger partial charge is 0.497 e. The predicted octanol–water partition coefficient (Wildman–Crippen LogP) is 5.04. The summed E-state index contributed by atoms with van der Waals surface area (Å²) in [5.74, 6) is 0.770. The van der Waals surface area contributed by atoms with E-state index in [0.29, 0.717) is 6.54 Å². The topological polar surface area (TPSA) is 51.2 Å². The maximum absolute atomic E-state index is 13.0. The van der Waals surface area contributed by atoms with Crippen LogP contribution in [-0.2, 0) is 6.42 Å². The van der Waals surface area contributed by atoms with Crippen molar-refractivity contribution in [2.24, 2.45) is 0 Å². The summed E-state index contributed by atoms with van der Waals surface area (Å²) in [6.45, 7) is 4.15. The van der Waals surface area contributed by atoms with Gasteiger partial charge in [0, 0.05) is 11.9 Å². The van der Waals surface area contributed by atoms with Gasteiger partial charge in [0.15, 0.2) is 0 Å².